The van der Waals surface area contributed by atoms with E-state index in [0.717, 1.165) is 60.0 Å². The molecule has 2 aromatic heterocycles. The van der Waals surface area contributed by atoms with Gasteiger partial charge in [0, 0.05) is 37.9 Å². The Balaban J connectivity index is 1.90. The smallest absolute Gasteiger partial charge is 0.165 e. The van der Waals surface area contributed by atoms with Crippen molar-refractivity contribution in [2.45, 2.75) is 6.92 Å². The second kappa shape index (κ2) is 8.63. The number of halogens is 1. The molecule has 0 amide bonds. The fraction of sp³-hybridized carbons (Fsp3) is 0.250. The first kappa shape index (κ1) is 20.0. The van der Waals surface area contributed by atoms with Crippen LogP contribution in [0.3, 0.4) is 0 Å². The van der Waals surface area contributed by atoms with Crippen LogP contribution < -0.4 is 4.90 Å². The van der Waals surface area contributed by atoms with Crippen molar-refractivity contribution in [3.05, 3.63) is 78.8 Å². The summed E-state index contributed by atoms with van der Waals surface area (Å²) in [6, 6.07) is 8.43. The highest BCUT2D eigenvalue weighted by Crippen LogP contribution is 2.33. The molecule has 6 heteroatoms. The molecule has 1 aliphatic rings. The summed E-state index contributed by atoms with van der Waals surface area (Å²) in [6.45, 7) is 9.75. The van der Waals surface area contributed by atoms with Gasteiger partial charge in [0.2, 0.25) is 0 Å². The average molecular weight is 404 g/mol. The molecule has 0 spiro atoms. The Hall–Kier alpha value is -3.25. The molecule has 3 heterocycles. The molecule has 154 valence electrons. The van der Waals surface area contributed by atoms with Crippen molar-refractivity contribution in [2.75, 3.05) is 38.1 Å². The summed E-state index contributed by atoms with van der Waals surface area (Å²) >= 11 is 0. The van der Waals surface area contributed by atoms with Crippen LogP contribution in [0, 0.1) is 5.82 Å². The molecule has 0 bridgehead atoms. The molecular formula is C24H26FN5. The predicted octanol–water partition coefficient (Wildman–Crippen LogP) is 4.43. The minimum Gasteiger partial charge on any atom is -0.354 e. The zero-order chi connectivity index (χ0) is 21.1. The lowest BCUT2D eigenvalue weighted by molar-refractivity contribution is 0.312. The van der Waals surface area contributed by atoms with Gasteiger partial charge >= 0.3 is 0 Å². The Bertz CT molecular complexity index is 1100. The molecule has 0 aliphatic carbocycles. The number of benzene rings is 1. The van der Waals surface area contributed by atoms with Gasteiger partial charge in [-0.15, -0.1) is 0 Å². The summed E-state index contributed by atoms with van der Waals surface area (Å²) in [7, 11) is 2.14. The number of aromatic nitrogens is 3. The molecule has 3 aromatic rings. The Labute approximate surface area is 176 Å². The molecule has 0 saturated carbocycles. The minimum absolute atomic E-state index is 0.269. The predicted molar refractivity (Wildman–Crippen MR) is 121 cm³/mol. The van der Waals surface area contributed by atoms with E-state index < -0.39 is 0 Å². The van der Waals surface area contributed by atoms with Gasteiger partial charge in [-0.2, -0.15) is 5.10 Å². The van der Waals surface area contributed by atoms with E-state index in [2.05, 4.69) is 23.4 Å². The van der Waals surface area contributed by atoms with Crippen molar-refractivity contribution in [1.29, 1.82) is 0 Å². The third kappa shape index (κ3) is 3.91. The van der Waals surface area contributed by atoms with Crippen LogP contribution in [0.5, 0.6) is 0 Å². The maximum Gasteiger partial charge on any atom is 0.165 e. The molecule has 1 aliphatic heterocycles. The first-order valence-corrected chi connectivity index (χ1v) is 10.2. The van der Waals surface area contributed by atoms with E-state index in [1.165, 1.54) is 12.1 Å². The van der Waals surface area contributed by atoms with Gasteiger partial charge in [-0.25, -0.2) is 13.9 Å². The molecule has 0 atom stereocenters. The van der Waals surface area contributed by atoms with Gasteiger partial charge in [0.1, 0.15) is 17.3 Å². The molecule has 5 nitrogen and oxygen atoms in total. The maximum absolute atomic E-state index is 13.5. The standard InChI is InChI=1S/C24H26FN5/c1-4-6-18(7-5-2)22-23(19-8-10-20(25)11-9-19)27-30-13-12-21(26-24(22)30)29-16-14-28(3)15-17-29/h4-13H,1,14-17H2,2-3H3/b7-5-,18-6+. The number of anilines is 1. The van der Waals surface area contributed by atoms with E-state index in [9.17, 15) is 4.39 Å². The van der Waals surface area contributed by atoms with Gasteiger partial charge in [-0.3, -0.25) is 0 Å². The van der Waals surface area contributed by atoms with E-state index in [4.69, 9.17) is 10.1 Å². The average Bonchev–Trinajstić information content (AvgIpc) is 3.13. The van der Waals surface area contributed by atoms with Crippen LogP contribution in [0.2, 0.25) is 0 Å². The number of hydrogen-bond donors (Lipinski definition) is 0. The number of allylic oxidation sites excluding steroid dienone is 5. The molecular weight excluding hydrogens is 377 g/mol. The zero-order valence-corrected chi connectivity index (χ0v) is 17.4. The Morgan fingerprint density at radius 2 is 1.83 bits per heavy atom. The monoisotopic (exact) mass is 403 g/mol. The first-order valence-electron chi connectivity index (χ1n) is 10.2. The highest BCUT2D eigenvalue weighted by Gasteiger charge is 2.21. The summed E-state index contributed by atoms with van der Waals surface area (Å²) in [4.78, 5) is 9.63. The molecule has 1 aromatic carbocycles. The van der Waals surface area contributed by atoms with Crippen LogP contribution in [0.25, 0.3) is 22.5 Å². The lowest BCUT2D eigenvalue weighted by Gasteiger charge is -2.33. The molecule has 1 fully saturated rings. The van der Waals surface area contributed by atoms with Gasteiger partial charge < -0.3 is 9.80 Å². The third-order valence-corrected chi connectivity index (χ3v) is 5.35. The van der Waals surface area contributed by atoms with Crippen LogP contribution in [-0.4, -0.2) is 52.7 Å². The van der Waals surface area contributed by atoms with Crippen LogP contribution >= 0.6 is 0 Å². The lowest BCUT2D eigenvalue weighted by atomic mass is 10.00. The number of piperazine rings is 1. The summed E-state index contributed by atoms with van der Waals surface area (Å²) in [5.41, 5.74) is 4.26. The molecule has 0 unspecified atom stereocenters. The normalized spacial score (nSPS) is 16.0. The molecule has 4 rings (SSSR count). The molecule has 0 N–H and O–H groups in total. The van der Waals surface area contributed by atoms with Crippen LogP contribution in [0.1, 0.15) is 12.5 Å². The van der Waals surface area contributed by atoms with Crippen LogP contribution in [0.4, 0.5) is 10.2 Å². The Morgan fingerprint density at radius 1 is 1.10 bits per heavy atom. The number of fused-ring (bicyclic) bond motifs is 1. The summed E-state index contributed by atoms with van der Waals surface area (Å²) < 4.78 is 15.3. The van der Waals surface area contributed by atoms with E-state index >= 15 is 0 Å². The van der Waals surface area contributed by atoms with Crippen molar-refractivity contribution >= 4 is 17.0 Å². The summed E-state index contributed by atoms with van der Waals surface area (Å²) in [6.07, 6.45) is 9.67. The second-order valence-corrected chi connectivity index (χ2v) is 7.43. The van der Waals surface area contributed by atoms with Gasteiger partial charge in [-0.05, 0) is 49.9 Å². The van der Waals surface area contributed by atoms with Crippen molar-refractivity contribution in [2.24, 2.45) is 0 Å². The lowest BCUT2D eigenvalue weighted by Crippen LogP contribution is -2.44. The minimum atomic E-state index is -0.269. The Morgan fingerprint density at radius 3 is 2.50 bits per heavy atom. The van der Waals surface area contributed by atoms with Crippen LogP contribution in [-0.2, 0) is 0 Å². The van der Waals surface area contributed by atoms with Crippen molar-refractivity contribution in [1.82, 2.24) is 19.5 Å². The van der Waals surface area contributed by atoms with Gasteiger partial charge in [0.15, 0.2) is 5.65 Å². The quantitative estimate of drug-likeness (QED) is 0.591. The molecule has 1 saturated heterocycles. The molecule has 0 radical (unpaired) electrons. The fourth-order valence-electron chi connectivity index (χ4n) is 3.74. The molecule has 30 heavy (non-hydrogen) atoms. The number of rotatable bonds is 5. The largest absolute Gasteiger partial charge is 0.354 e. The van der Waals surface area contributed by atoms with Crippen molar-refractivity contribution < 1.29 is 4.39 Å². The highest BCUT2D eigenvalue weighted by atomic mass is 19.1. The third-order valence-electron chi connectivity index (χ3n) is 5.35. The van der Waals surface area contributed by atoms with Gasteiger partial charge in [0.05, 0.1) is 5.56 Å². The van der Waals surface area contributed by atoms with Crippen molar-refractivity contribution in [3.8, 4) is 11.3 Å². The van der Waals surface area contributed by atoms with E-state index in [-0.39, 0.29) is 5.82 Å². The zero-order valence-electron chi connectivity index (χ0n) is 17.4. The Kier molecular flexibility index (Phi) is 5.77. The fourth-order valence-corrected chi connectivity index (χ4v) is 3.74. The SMILES string of the molecule is C=C/C=C(\C=C/C)c1c(-c2ccc(F)cc2)nn2ccc(N3CCN(C)CC3)nc12. The highest BCUT2D eigenvalue weighted by molar-refractivity contribution is 5.91. The topological polar surface area (TPSA) is 36.7 Å². The van der Waals surface area contributed by atoms with E-state index in [1.807, 2.05) is 37.4 Å². The summed E-state index contributed by atoms with van der Waals surface area (Å²) in [5.74, 6) is 0.677. The number of hydrogen-bond acceptors (Lipinski definition) is 4. The van der Waals surface area contributed by atoms with Gasteiger partial charge in [0.25, 0.3) is 0 Å². The maximum atomic E-state index is 13.5. The second-order valence-electron chi connectivity index (χ2n) is 7.43. The van der Waals surface area contributed by atoms with E-state index in [0.29, 0.717) is 0 Å². The first-order chi connectivity index (χ1) is 14.6. The van der Waals surface area contributed by atoms with Crippen LogP contribution in [0.15, 0.2) is 67.4 Å². The number of likely N-dealkylation sites (N-methyl/N-ethyl adjacent to an activating group) is 1. The van der Waals surface area contributed by atoms with Gasteiger partial charge in [-0.1, -0.05) is 30.9 Å². The van der Waals surface area contributed by atoms with Crippen molar-refractivity contribution in [3.63, 3.8) is 0 Å². The van der Waals surface area contributed by atoms with E-state index in [1.54, 1.807) is 22.7 Å². The summed E-state index contributed by atoms with van der Waals surface area (Å²) in [5, 5.41) is 4.79. The number of nitrogens with zero attached hydrogens (tertiary/aromatic N) is 5.